The first kappa shape index (κ1) is 23.8. The van der Waals surface area contributed by atoms with Gasteiger partial charge in [0.15, 0.2) is 0 Å². The van der Waals surface area contributed by atoms with Gasteiger partial charge in [-0.1, -0.05) is 29.8 Å². The van der Waals surface area contributed by atoms with E-state index in [2.05, 4.69) is 10.2 Å². The molecule has 6 nitrogen and oxygen atoms in total. The Labute approximate surface area is 202 Å². The summed E-state index contributed by atoms with van der Waals surface area (Å²) in [6.07, 6.45) is 4.92. The Morgan fingerprint density at radius 3 is 2.09 bits per heavy atom. The van der Waals surface area contributed by atoms with Gasteiger partial charge in [0.1, 0.15) is 0 Å². The molecule has 1 fully saturated rings. The number of hydrogen-bond donors (Lipinski definition) is 1. The number of sulfonamides is 1. The normalized spacial score (nSPS) is 14.0. The quantitative estimate of drug-likeness (QED) is 0.508. The Bertz CT molecular complexity index is 1220. The van der Waals surface area contributed by atoms with E-state index >= 15 is 0 Å². The molecule has 1 heterocycles. The van der Waals surface area contributed by atoms with Crippen molar-refractivity contribution >= 4 is 33.0 Å². The average molecular weight is 478 g/mol. The van der Waals surface area contributed by atoms with Crippen LogP contribution in [0.1, 0.15) is 40.7 Å². The van der Waals surface area contributed by atoms with E-state index in [1.807, 2.05) is 55.5 Å². The van der Waals surface area contributed by atoms with Gasteiger partial charge < -0.3 is 10.2 Å². The number of hydrogen-bond acceptors (Lipinski definition) is 4. The van der Waals surface area contributed by atoms with Crippen LogP contribution in [0, 0.1) is 6.92 Å². The molecule has 7 heteroatoms. The Kier molecular flexibility index (Phi) is 7.22. The highest BCUT2D eigenvalue weighted by Gasteiger charge is 2.19. The van der Waals surface area contributed by atoms with Crippen LogP contribution in [0.15, 0.2) is 72.8 Å². The van der Waals surface area contributed by atoms with Gasteiger partial charge in [0.2, 0.25) is 10.0 Å². The Morgan fingerprint density at radius 1 is 0.882 bits per heavy atom. The molecule has 0 aliphatic carbocycles. The van der Waals surface area contributed by atoms with Gasteiger partial charge in [-0.2, -0.15) is 0 Å². The van der Waals surface area contributed by atoms with Crippen molar-refractivity contribution in [1.29, 1.82) is 0 Å². The van der Waals surface area contributed by atoms with Gasteiger partial charge in [-0.15, -0.1) is 0 Å². The molecule has 3 aromatic rings. The summed E-state index contributed by atoms with van der Waals surface area (Å²) in [7, 11) is -3.49. The second-order valence-corrected chi connectivity index (χ2v) is 10.8. The predicted octanol–water partition coefficient (Wildman–Crippen LogP) is 5.20. The third-order valence-electron chi connectivity index (χ3n) is 6.11. The lowest BCUT2D eigenvalue weighted by atomic mass is 10.1. The highest BCUT2D eigenvalue weighted by atomic mass is 32.2. The van der Waals surface area contributed by atoms with E-state index in [0.29, 0.717) is 11.3 Å². The number of piperidine rings is 1. The van der Waals surface area contributed by atoms with Gasteiger partial charge in [-0.05, 0) is 80.3 Å². The van der Waals surface area contributed by atoms with E-state index in [0.717, 1.165) is 29.9 Å². The van der Waals surface area contributed by atoms with Crippen LogP contribution in [-0.2, 0) is 16.6 Å². The second kappa shape index (κ2) is 10.3. The van der Waals surface area contributed by atoms with E-state index in [1.165, 1.54) is 35.5 Å². The molecular formula is C27H31N3O3S. The Balaban J connectivity index is 1.44. The zero-order valence-electron chi connectivity index (χ0n) is 19.7. The molecule has 0 unspecified atom stereocenters. The second-order valence-electron chi connectivity index (χ2n) is 8.85. The van der Waals surface area contributed by atoms with E-state index in [1.54, 1.807) is 24.3 Å². The van der Waals surface area contributed by atoms with Crippen molar-refractivity contribution in [3.05, 3.63) is 89.5 Å². The number of nitrogens with one attached hydrogen (secondary N) is 1. The van der Waals surface area contributed by atoms with Crippen molar-refractivity contribution < 1.29 is 13.2 Å². The molecule has 34 heavy (non-hydrogen) atoms. The minimum Gasteiger partial charge on any atom is -0.372 e. The van der Waals surface area contributed by atoms with Gasteiger partial charge in [-0.25, -0.2) is 8.42 Å². The zero-order chi connectivity index (χ0) is 24.1. The van der Waals surface area contributed by atoms with Crippen molar-refractivity contribution in [3.8, 4) is 0 Å². The summed E-state index contributed by atoms with van der Waals surface area (Å²) >= 11 is 0. The van der Waals surface area contributed by atoms with Crippen molar-refractivity contribution in [2.45, 2.75) is 32.7 Å². The summed E-state index contributed by atoms with van der Waals surface area (Å²) < 4.78 is 26.2. The third-order valence-corrected chi connectivity index (χ3v) is 7.25. The monoisotopic (exact) mass is 477 g/mol. The molecule has 0 atom stereocenters. The number of aryl methyl sites for hydroxylation is 1. The van der Waals surface area contributed by atoms with Crippen molar-refractivity contribution in [1.82, 2.24) is 0 Å². The fourth-order valence-electron chi connectivity index (χ4n) is 4.15. The molecule has 0 bridgehead atoms. The first-order chi connectivity index (χ1) is 16.3. The third kappa shape index (κ3) is 5.97. The minimum absolute atomic E-state index is 0.230. The molecule has 1 aliphatic rings. The predicted molar refractivity (Wildman–Crippen MR) is 139 cm³/mol. The fraction of sp³-hybridized carbons (Fsp3) is 0.296. The molecule has 1 N–H and O–H groups in total. The lowest BCUT2D eigenvalue weighted by Crippen LogP contribution is -2.29. The van der Waals surface area contributed by atoms with Gasteiger partial charge >= 0.3 is 0 Å². The van der Waals surface area contributed by atoms with Gasteiger partial charge in [0.05, 0.1) is 18.5 Å². The number of anilines is 3. The van der Waals surface area contributed by atoms with Crippen LogP contribution >= 0.6 is 0 Å². The highest BCUT2D eigenvalue weighted by molar-refractivity contribution is 7.92. The first-order valence-corrected chi connectivity index (χ1v) is 13.4. The molecular weight excluding hydrogens is 446 g/mol. The number of rotatable bonds is 7. The maximum absolute atomic E-state index is 12.7. The smallest absolute Gasteiger partial charge is 0.255 e. The van der Waals surface area contributed by atoms with Gasteiger partial charge in [0, 0.05) is 30.0 Å². The minimum atomic E-state index is -3.49. The number of carbonyl (C=O) groups excluding carboxylic acids is 1. The number of amides is 1. The van der Waals surface area contributed by atoms with E-state index in [4.69, 9.17) is 0 Å². The topological polar surface area (TPSA) is 69.7 Å². The summed E-state index contributed by atoms with van der Waals surface area (Å²) in [5, 5.41) is 2.92. The van der Waals surface area contributed by atoms with Crippen molar-refractivity contribution in [2.24, 2.45) is 0 Å². The van der Waals surface area contributed by atoms with Crippen LogP contribution in [0.4, 0.5) is 17.1 Å². The number of nitrogens with zero attached hydrogens (tertiary/aromatic N) is 2. The summed E-state index contributed by atoms with van der Waals surface area (Å²) in [5.41, 5.74) is 4.90. The SMILES string of the molecule is Cc1ccc(CN(c2ccc(C(=O)Nc3ccc(N4CCCCC4)cc3)cc2)S(C)(=O)=O)cc1. The van der Waals surface area contributed by atoms with E-state index < -0.39 is 10.0 Å². The first-order valence-electron chi connectivity index (χ1n) is 11.6. The maximum Gasteiger partial charge on any atom is 0.255 e. The summed E-state index contributed by atoms with van der Waals surface area (Å²) in [6, 6.07) is 22.3. The molecule has 1 aliphatic heterocycles. The fourth-order valence-corrected chi connectivity index (χ4v) is 5.04. The maximum atomic E-state index is 12.7. The Morgan fingerprint density at radius 2 is 1.50 bits per heavy atom. The summed E-state index contributed by atoms with van der Waals surface area (Å²) in [5.74, 6) is -0.235. The molecule has 0 radical (unpaired) electrons. The number of carbonyl (C=O) groups is 1. The molecule has 0 saturated carbocycles. The van der Waals surface area contributed by atoms with Crippen molar-refractivity contribution in [3.63, 3.8) is 0 Å². The average Bonchev–Trinajstić information content (AvgIpc) is 2.84. The molecule has 0 spiro atoms. The van der Waals surface area contributed by atoms with E-state index in [9.17, 15) is 13.2 Å². The zero-order valence-corrected chi connectivity index (χ0v) is 20.5. The van der Waals surface area contributed by atoms with Crippen molar-refractivity contribution in [2.75, 3.05) is 33.9 Å². The Hall–Kier alpha value is -3.32. The highest BCUT2D eigenvalue weighted by Crippen LogP contribution is 2.24. The van der Waals surface area contributed by atoms with Crippen LogP contribution in [0.5, 0.6) is 0 Å². The van der Waals surface area contributed by atoms with Crippen LogP contribution in [-0.4, -0.2) is 33.7 Å². The van der Waals surface area contributed by atoms with E-state index in [-0.39, 0.29) is 12.5 Å². The largest absolute Gasteiger partial charge is 0.372 e. The molecule has 4 rings (SSSR count). The van der Waals surface area contributed by atoms with Gasteiger partial charge in [0.25, 0.3) is 5.91 Å². The lowest BCUT2D eigenvalue weighted by Gasteiger charge is -2.28. The number of benzene rings is 3. The van der Waals surface area contributed by atoms with Crippen LogP contribution in [0.3, 0.4) is 0 Å². The summed E-state index contributed by atoms with van der Waals surface area (Å²) in [4.78, 5) is 15.1. The van der Waals surface area contributed by atoms with Gasteiger partial charge in [-0.3, -0.25) is 9.10 Å². The van der Waals surface area contributed by atoms with Crippen LogP contribution in [0.2, 0.25) is 0 Å². The molecule has 178 valence electrons. The molecule has 1 amide bonds. The standard InChI is InChI=1S/C27H31N3O3S/c1-21-6-8-22(9-7-21)20-30(34(2,32)33)26-14-10-23(11-15-26)27(31)28-24-12-16-25(17-13-24)29-18-4-3-5-19-29/h6-17H,3-5,18-20H2,1-2H3,(H,28,31). The molecule has 1 saturated heterocycles. The van der Waals surface area contributed by atoms with Crippen LogP contribution in [0.25, 0.3) is 0 Å². The van der Waals surface area contributed by atoms with Crippen LogP contribution < -0.4 is 14.5 Å². The molecule has 0 aromatic heterocycles. The molecule has 3 aromatic carbocycles. The summed E-state index contributed by atoms with van der Waals surface area (Å²) in [6.45, 7) is 4.37. The lowest BCUT2D eigenvalue weighted by molar-refractivity contribution is 0.102.